The minimum atomic E-state index is -3.46. The van der Waals surface area contributed by atoms with Gasteiger partial charge in [0.25, 0.3) is 5.91 Å². The molecular weight excluding hydrogens is 348 g/mol. The first-order valence-corrected chi connectivity index (χ1v) is 10.5. The summed E-state index contributed by atoms with van der Waals surface area (Å²) in [6.45, 7) is 6.38. The Morgan fingerprint density at radius 1 is 1.12 bits per heavy atom. The van der Waals surface area contributed by atoms with Gasteiger partial charge in [0.05, 0.1) is 18.5 Å². The van der Waals surface area contributed by atoms with Gasteiger partial charge in [-0.25, -0.2) is 8.42 Å². The fourth-order valence-electron chi connectivity index (χ4n) is 2.83. The molecule has 2 aromatic rings. The number of benzene rings is 2. The van der Waals surface area contributed by atoms with Gasteiger partial charge in [-0.2, -0.15) is 0 Å². The highest BCUT2D eigenvalue weighted by Gasteiger charge is 2.21. The quantitative estimate of drug-likeness (QED) is 0.808. The van der Waals surface area contributed by atoms with Gasteiger partial charge in [0.15, 0.2) is 0 Å². The molecule has 0 saturated heterocycles. The number of aryl methyl sites for hydroxylation is 1. The Kier molecular flexibility index (Phi) is 6.42. The number of amides is 1. The number of nitrogens with zero attached hydrogens (tertiary/aromatic N) is 1. The van der Waals surface area contributed by atoms with Crippen LogP contribution in [-0.4, -0.2) is 33.7 Å². The molecule has 1 amide bonds. The van der Waals surface area contributed by atoms with Crippen LogP contribution in [0.25, 0.3) is 0 Å². The van der Waals surface area contributed by atoms with Gasteiger partial charge < -0.3 is 5.32 Å². The Morgan fingerprint density at radius 3 is 2.42 bits per heavy atom. The summed E-state index contributed by atoms with van der Waals surface area (Å²) < 4.78 is 26.0. The van der Waals surface area contributed by atoms with Gasteiger partial charge in [-0.15, -0.1) is 0 Å². The lowest BCUT2D eigenvalue weighted by molar-refractivity contribution is 0.0954. The number of hydrogen-bond donors (Lipinski definition) is 1. The molecule has 0 aromatic heterocycles. The van der Waals surface area contributed by atoms with Gasteiger partial charge in [-0.1, -0.05) is 49.7 Å². The average Bonchev–Trinajstić information content (AvgIpc) is 2.57. The van der Waals surface area contributed by atoms with Crippen molar-refractivity contribution < 1.29 is 13.2 Å². The molecule has 0 radical (unpaired) electrons. The van der Waals surface area contributed by atoms with Crippen molar-refractivity contribution in [1.82, 2.24) is 5.32 Å². The molecule has 0 aliphatic carbocycles. The van der Waals surface area contributed by atoms with Gasteiger partial charge in [0.1, 0.15) is 0 Å². The van der Waals surface area contributed by atoms with Crippen LogP contribution >= 0.6 is 0 Å². The first-order chi connectivity index (χ1) is 12.2. The predicted molar refractivity (Wildman–Crippen MR) is 106 cm³/mol. The zero-order valence-electron chi connectivity index (χ0n) is 15.7. The molecule has 5 nitrogen and oxygen atoms in total. The maximum Gasteiger partial charge on any atom is 0.251 e. The number of nitrogens with one attached hydrogen (secondary N) is 1. The molecule has 0 bridgehead atoms. The smallest absolute Gasteiger partial charge is 0.251 e. The third kappa shape index (κ3) is 5.08. The summed E-state index contributed by atoms with van der Waals surface area (Å²) in [5.74, 6) is -0.0170. The van der Waals surface area contributed by atoms with Gasteiger partial charge in [-0.05, 0) is 36.6 Å². The standard InChI is InChI=1S/C20H26N2O3S/c1-15(2)18-10-5-6-11-19(18)22(26(4,24)25)13-12-21-20(23)17-9-7-8-16(3)14-17/h5-11,14-15H,12-13H2,1-4H3,(H,21,23). The van der Waals surface area contributed by atoms with E-state index < -0.39 is 10.0 Å². The Labute approximate surface area is 156 Å². The van der Waals surface area contributed by atoms with E-state index in [4.69, 9.17) is 0 Å². The number of para-hydroxylation sites is 1. The van der Waals surface area contributed by atoms with Crippen LogP contribution in [0.4, 0.5) is 5.69 Å². The molecule has 0 spiro atoms. The molecule has 0 fully saturated rings. The highest BCUT2D eigenvalue weighted by molar-refractivity contribution is 7.92. The van der Waals surface area contributed by atoms with Crippen LogP contribution in [0.2, 0.25) is 0 Å². The molecular formula is C20H26N2O3S. The number of carbonyl (C=O) groups is 1. The van der Waals surface area contributed by atoms with Crippen LogP contribution in [0.5, 0.6) is 0 Å². The van der Waals surface area contributed by atoms with Crippen LogP contribution in [0.3, 0.4) is 0 Å². The zero-order chi connectivity index (χ0) is 19.3. The third-order valence-corrected chi connectivity index (χ3v) is 5.29. The number of rotatable bonds is 7. The van der Waals surface area contributed by atoms with E-state index in [0.717, 1.165) is 11.1 Å². The van der Waals surface area contributed by atoms with Crippen molar-refractivity contribution in [2.45, 2.75) is 26.7 Å². The number of carbonyl (C=O) groups excluding carboxylic acids is 1. The minimum absolute atomic E-state index is 0.181. The van der Waals surface area contributed by atoms with Gasteiger partial charge >= 0.3 is 0 Å². The SMILES string of the molecule is Cc1cccc(C(=O)NCCN(c2ccccc2C(C)C)S(C)(=O)=O)c1. The topological polar surface area (TPSA) is 66.5 Å². The van der Waals surface area contributed by atoms with Crippen molar-refractivity contribution in [2.24, 2.45) is 0 Å². The van der Waals surface area contributed by atoms with E-state index in [-0.39, 0.29) is 24.9 Å². The summed E-state index contributed by atoms with van der Waals surface area (Å²) in [5.41, 5.74) is 3.19. The Balaban J connectivity index is 2.14. The third-order valence-electron chi connectivity index (χ3n) is 4.11. The Morgan fingerprint density at radius 2 is 1.81 bits per heavy atom. The van der Waals surface area contributed by atoms with Crippen molar-refractivity contribution in [1.29, 1.82) is 0 Å². The molecule has 0 atom stereocenters. The van der Waals surface area contributed by atoms with E-state index in [0.29, 0.717) is 11.3 Å². The summed E-state index contributed by atoms with van der Waals surface area (Å²) in [7, 11) is -3.46. The summed E-state index contributed by atoms with van der Waals surface area (Å²) in [5, 5.41) is 2.80. The highest BCUT2D eigenvalue weighted by Crippen LogP contribution is 2.28. The van der Waals surface area contributed by atoms with Gasteiger partial charge in [0.2, 0.25) is 10.0 Å². The van der Waals surface area contributed by atoms with Crippen molar-refractivity contribution in [3.63, 3.8) is 0 Å². The lowest BCUT2D eigenvalue weighted by atomic mass is 10.0. The maximum atomic E-state index is 12.3. The van der Waals surface area contributed by atoms with Crippen LogP contribution < -0.4 is 9.62 Å². The first-order valence-electron chi connectivity index (χ1n) is 8.61. The van der Waals surface area contributed by atoms with E-state index in [2.05, 4.69) is 5.32 Å². The monoisotopic (exact) mass is 374 g/mol. The Hall–Kier alpha value is -2.34. The second-order valence-electron chi connectivity index (χ2n) is 6.67. The summed E-state index contributed by atoms with van der Waals surface area (Å²) in [6.07, 6.45) is 1.19. The number of anilines is 1. The van der Waals surface area contributed by atoms with Crippen molar-refractivity contribution in [3.8, 4) is 0 Å². The number of hydrogen-bond acceptors (Lipinski definition) is 3. The molecule has 0 saturated carbocycles. The summed E-state index contributed by atoms with van der Waals surface area (Å²) in [4.78, 5) is 12.3. The van der Waals surface area contributed by atoms with Gasteiger partial charge in [0, 0.05) is 12.1 Å². The van der Waals surface area contributed by atoms with E-state index in [1.54, 1.807) is 18.2 Å². The van der Waals surface area contributed by atoms with E-state index in [1.807, 2.05) is 51.1 Å². The Bertz CT molecular complexity index is 876. The van der Waals surface area contributed by atoms with Crippen LogP contribution in [0.1, 0.15) is 41.3 Å². The average molecular weight is 375 g/mol. The molecule has 0 unspecified atom stereocenters. The van der Waals surface area contributed by atoms with Crippen LogP contribution in [-0.2, 0) is 10.0 Å². The molecule has 2 aromatic carbocycles. The highest BCUT2D eigenvalue weighted by atomic mass is 32.2. The lowest BCUT2D eigenvalue weighted by Gasteiger charge is -2.26. The fraction of sp³-hybridized carbons (Fsp3) is 0.350. The normalized spacial score (nSPS) is 11.4. The van der Waals surface area contributed by atoms with E-state index >= 15 is 0 Å². The maximum absolute atomic E-state index is 12.3. The van der Waals surface area contributed by atoms with E-state index in [9.17, 15) is 13.2 Å². The van der Waals surface area contributed by atoms with Gasteiger partial charge in [-0.3, -0.25) is 9.10 Å². The second-order valence-corrected chi connectivity index (χ2v) is 8.58. The second kappa shape index (κ2) is 8.36. The molecule has 6 heteroatoms. The van der Waals surface area contributed by atoms with E-state index in [1.165, 1.54) is 10.6 Å². The van der Waals surface area contributed by atoms with Crippen molar-refractivity contribution in [3.05, 3.63) is 65.2 Å². The molecule has 26 heavy (non-hydrogen) atoms. The largest absolute Gasteiger partial charge is 0.350 e. The molecule has 2 rings (SSSR count). The molecule has 0 aliphatic rings. The molecule has 1 N–H and O–H groups in total. The fourth-order valence-corrected chi connectivity index (χ4v) is 3.77. The molecule has 0 heterocycles. The lowest BCUT2D eigenvalue weighted by Crippen LogP contribution is -2.38. The van der Waals surface area contributed by atoms with Crippen LogP contribution in [0.15, 0.2) is 48.5 Å². The summed E-state index contributed by atoms with van der Waals surface area (Å²) in [6, 6.07) is 14.8. The first kappa shape index (κ1) is 20.0. The molecule has 0 aliphatic heterocycles. The van der Waals surface area contributed by atoms with Crippen molar-refractivity contribution >= 4 is 21.6 Å². The van der Waals surface area contributed by atoms with Crippen LogP contribution in [0, 0.1) is 6.92 Å². The predicted octanol–water partition coefficient (Wildman–Crippen LogP) is 3.31. The van der Waals surface area contributed by atoms with Crippen molar-refractivity contribution in [2.75, 3.05) is 23.7 Å². The number of sulfonamides is 1. The zero-order valence-corrected chi connectivity index (χ0v) is 16.5. The molecule has 140 valence electrons. The summed E-state index contributed by atoms with van der Waals surface area (Å²) >= 11 is 0. The minimum Gasteiger partial charge on any atom is -0.350 e.